The second-order valence-corrected chi connectivity index (χ2v) is 0.596. The van der Waals surface area contributed by atoms with Gasteiger partial charge in [-0.1, -0.05) is 0 Å². The number of rotatable bonds is 2. The zero-order chi connectivity index (χ0) is 10.6. The van der Waals surface area contributed by atoms with Gasteiger partial charge < -0.3 is 20.5 Å². The van der Waals surface area contributed by atoms with Gasteiger partial charge in [0.2, 0.25) is 0 Å². The monoisotopic (exact) mass is 262 g/mol. The first kappa shape index (κ1) is 17.2. The Morgan fingerprint density at radius 1 is 0.917 bits per heavy atom. The van der Waals surface area contributed by atoms with E-state index in [-0.39, 0.29) is 0 Å². The summed E-state index contributed by atoms with van der Waals surface area (Å²) in [5.41, 5.74) is 0. The van der Waals surface area contributed by atoms with Crippen molar-refractivity contribution in [3.8, 4) is 0 Å². The third-order valence-electron chi connectivity index (χ3n) is 0.122. The summed E-state index contributed by atoms with van der Waals surface area (Å²) >= 11 is 0.300. The molecule has 11 nitrogen and oxygen atoms in total. The summed E-state index contributed by atoms with van der Waals surface area (Å²) < 4.78 is 8.34. The van der Waals surface area contributed by atoms with Crippen molar-refractivity contribution in [2.24, 2.45) is 0 Å². The Morgan fingerprint density at radius 2 is 1.00 bits per heavy atom. The average molecular weight is 263 g/mol. The molecule has 0 aliphatic rings. The van der Waals surface area contributed by atoms with Crippen molar-refractivity contribution >= 4 is 0 Å². The van der Waals surface area contributed by atoms with Gasteiger partial charge in [-0.05, 0) is 0 Å². The molecule has 12 heteroatoms. The molecule has 0 aromatic carbocycles. The Kier molecular flexibility index (Phi) is 23.7. The molecule has 0 aliphatic heterocycles. The number of hydrogen-bond acceptors (Lipinski definition) is 9. The number of nitrogens with zero attached hydrogens (tertiary/aromatic N) is 2. The van der Waals surface area contributed by atoms with Crippen LogP contribution in [0.5, 0.6) is 0 Å². The maximum absolute atomic E-state index is 8.64. The molecule has 0 saturated heterocycles. The average Bonchev–Trinajstić information content (AvgIpc) is 2.09. The fourth-order valence-electron chi connectivity index (χ4n) is 0. The molecule has 0 radical (unpaired) electrons. The van der Waals surface area contributed by atoms with E-state index in [1.165, 1.54) is 0 Å². The van der Waals surface area contributed by atoms with E-state index in [4.69, 9.17) is 33.6 Å². The van der Waals surface area contributed by atoms with Crippen LogP contribution in [0.1, 0.15) is 0 Å². The fraction of sp³-hybridized carbons (Fsp3) is 0. The summed E-state index contributed by atoms with van der Waals surface area (Å²) in [6.07, 6.45) is 0. The molecule has 68 valence electrons. The Hall–Kier alpha value is -0.997. The summed E-state index contributed by atoms with van der Waals surface area (Å²) in [5.74, 6) is 0. The van der Waals surface area contributed by atoms with Crippen LogP contribution in [0.4, 0.5) is 0 Å². The van der Waals surface area contributed by atoms with E-state index in [1.807, 2.05) is 0 Å². The minimum absolute atomic E-state index is 0.300. The van der Waals surface area contributed by atoms with Crippen LogP contribution in [-0.4, -0.2) is 10.2 Å². The van der Waals surface area contributed by atoms with Crippen molar-refractivity contribution in [1.82, 2.24) is 0 Å². The Balaban J connectivity index is -0.000000112. The zero-order valence-corrected chi connectivity index (χ0v) is 7.53. The topological polar surface area (TPSA) is 168 Å². The molecule has 0 fully saturated rings. The quantitative estimate of drug-likeness (QED) is 0.283. The van der Waals surface area contributed by atoms with Crippen molar-refractivity contribution in [3.63, 3.8) is 0 Å². The van der Waals surface area contributed by atoms with Crippen molar-refractivity contribution in [3.05, 3.63) is 20.2 Å². The van der Waals surface area contributed by atoms with Crippen LogP contribution in [0, 0.1) is 20.2 Å². The molecular weight excluding hydrogens is 263 g/mol. The molecule has 0 heterocycles. The van der Waals surface area contributed by atoms with Crippen LogP contribution >= 0.6 is 0 Å². The van der Waals surface area contributed by atoms with Gasteiger partial charge in [-0.15, -0.1) is 20.2 Å². The first-order valence-electron chi connectivity index (χ1n) is 1.63. The SMILES string of the molecule is O=[N+]([O-])O[O-].O=[N+]([O-])O[O-].[O]=[Zr+2]. The van der Waals surface area contributed by atoms with E-state index in [1.54, 1.807) is 0 Å². The Labute approximate surface area is 78.9 Å². The van der Waals surface area contributed by atoms with Crippen LogP contribution in [0.15, 0.2) is 0 Å². The van der Waals surface area contributed by atoms with Gasteiger partial charge in [0.1, 0.15) is 0 Å². The molecule has 0 unspecified atom stereocenters. The molecule has 0 aromatic rings. The van der Waals surface area contributed by atoms with Crippen LogP contribution in [0.25, 0.3) is 0 Å². The first-order valence-corrected chi connectivity index (χ1v) is 2.64. The normalized spacial score (nSPS) is 6.00. The zero-order valence-electron chi connectivity index (χ0n) is 5.07. The van der Waals surface area contributed by atoms with Crippen molar-refractivity contribution in [1.29, 1.82) is 0 Å². The van der Waals surface area contributed by atoms with E-state index in [2.05, 4.69) is 9.98 Å². The van der Waals surface area contributed by atoms with Crippen molar-refractivity contribution in [2.45, 2.75) is 0 Å². The summed E-state index contributed by atoms with van der Waals surface area (Å²) in [6.45, 7) is 0. The Bertz CT molecular complexity index is 108. The molecule has 0 aromatic heterocycles. The summed E-state index contributed by atoms with van der Waals surface area (Å²) in [5, 5.41) is 31.3. The van der Waals surface area contributed by atoms with Gasteiger partial charge in [-0.2, -0.15) is 0 Å². The van der Waals surface area contributed by atoms with Crippen LogP contribution in [0.3, 0.4) is 0 Å². The second kappa shape index (κ2) is 16.5. The van der Waals surface area contributed by atoms with E-state index in [0.29, 0.717) is 24.7 Å². The molecule has 0 N–H and O–H groups in total. The van der Waals surface area contributed by atoms with E-state index >= 15 is 0 Å². The molecule has 0 rings (SSSR count). The summed E-state index contributed by atoms with van der Waals surface area (Å²) in [7, 11) is 0. The molecule has 0 spiro atoms. The van der Waals surface area contributed by atoms with Gasteiger partial charge in [-0.3, -0.25) is 0 Å². The molecule has 0 saturated carbocycles. The van der Waals surface area contributed by atoms with Gasteiger partial charge in [0.15, 0.2) is 0 Å². The van der Waals surface area contributed by atoms with Crippen molar-refractivity contribution in [2.75, 3.05) is 0 Å². The molecular formula is N2O9Zr. The predicted molar refractivity (Wildman–Crippen MR) is 16.8 cm³/mol. The molecule has 0 aliphatic carbocycles. The summed E-state index contributed by atoms with van der Waals surface area (Å²) in [4.78, 5) is 21.7. The third kappa shape index (κ3) is 63.9. The second-order valence-electron chi connectivity index (χ2n) is 0.596. The van der Waals surface area contributed by atoms with E-state index < -0.39 is 10.2 Å². The maximum atomic E-state index is 8.64. The first-order chi connectivity index (χ1) is 5.54. The van der Waals surface area contributed by atoms with Crippen molar-refractivity contribution < 1.29 is 58.2 Å². The molecule has 0 atom stereocenters. The fourth-order valence-corrected chi connectivity index (χ4v) is 0. The van der Waals surface area contributed by atoms with Crippen LogP contribution in [-0.2, 0) is 37.5 Å². The molecule has 0 bridgehead atoms. The van der Waals surface area contributed by atoms with Gasteiger partial charge in [0.05, 0.1) is 0 Å². The van der Waals surface area contributed by atoms with Crippen LogP contribution < -0.4 is 10.5 Å². The predicted octanol–water partition coefficient (Wildman–Crippen LogP) is -3.18. The van der Waals surface area contributed by atoms with E-state index in [0.717, 1.165) is 0 Å². The Morgan fingerprint density at radius 3 is 1.00 bits per heavy atom. The van der Waals surface area contributed by atoms with Gasteiger partial charge >= 0.3 is 27.5 Å². The van der Waals surface area contributed by atoms with Gasteiger partial charge in [0.25, 0.3) is 10.2 Å². The number of hydrogen-bond donors (Lipinski definition) is 0. The van der Waals surface area contributed by atoms with Crippen LogP contribution in [0.2, 0.25) is 0 Å². The van der Waals surface area contributed by atoms with E-state index in [9.17, 15) is 0 Å². The van der Waals surface area contributed by atoms with Gasteiger partial charge in [-0.25, -0.2) is 0 Å². The molecule has 0 amide bonds. The van der Waals surface area contributed by atoms with Gasteiger partial charge in [0, 0.05) is 0 Å². The molecule has 12 heavy (non-hydrogen) atoms. The standard InChI is InChI=1S/2HNO4.O.Zr/c2*2-1(3)5-4;;/h2*4H;;/q;;;+2/p-2. The minimum atomic E-state index is -1.43. The summed E-state index contributed by atoms with van der Waals surface area (Å²) in [6, 6.07) is 0. The third-order valence-corrected chi connectivity index (χ3v) is 0.122.